The molecule has 0 radical (unpaired) electrons. The van der Waals surface area contributed by atoms with E-state index in [0.717, 1.165) is 15.8 Å². The maximum atomic E-state index is 12.5. The zero-order valence-corrected chi connectivity index (χ0v) is 17.6. The molecule has 0 N–H and O–H groups in total. The summed E-state index contributed by atoms with van der Waals surface area (Å²) in [6, 6.07) is 13.5. The van der Waals surface area contributed by atoms with E-state index in [1.165, 1.54) is 17.4 Å². The van der Waals surface area contributed by atoms with Gasteiger partial charge in [-0.25, -0.2) is 0 Å². The monoisotopic (exact) mass is 412 g/mol. The molecule has 0 saturated carbocycles. The quantitative estimate of drug-likeness (QED) is 0.416. The maximum absolute atomic E-state index is 12.5. The average molecular weight is 413 g/mol. The van der Waals surface area contributed by atoms with Crippen LogP contribution in [0.1, 0.15) is 12.5 Å². The van der Waals surface area contributed by atoms with Gasteiger partial charge in [-0.1, -0.05) is 41.7 Å². The van der Waals surface area contributed by atoms with E-state index in [1.54, 1.807) is 20.3 Å². The van der Waals surface area contributed by atoms with Crippen LogP contribution in [0.2, 0.25) is 0 Å². The van der Waals surface area contributed by atoms with Crippen molar-refractivity contribution in [1.29, 1.82) is 0 Å². The molecule has 29 heavy (non-hydrogen) atoms. The van der Waals surface area contributed by atoms with E-state index in [0.29, 0.717) is 36.1 Å². The smallest absolute Gasteiger partial charge is 0.272 e. The molecule has 0 bridgehead atoms. The molecular formula is C22H24N2O4S. The van der Waals surface area contributed by atoms with Crippen LogP contribution in [-0.2, 0) is 16.1 Å². The van der Waals surface area contributed by atoms with Crippen LogP contribution in [0, 0.1) is 0 Å². The molecule has 3 aromatic rings. The minimum absolute atomic E-state index is 0.315. The summed E-state index contributed by atoms with van der Waals surface area (Å²) >= 11 is 1.43. The second-order valence-electron chi connectivity index (χ2n) is 6.10. The Hall–Kier alpha value is -2.90. The Morgan fingerprint density at radius 1 is 1.14 bits per heavy atom. The van der Waals surface area contributed by atoms with Gasteiger partial charge in [0.05, 0.1) is 31.0 Å². The van der Waals surface area contributed by atoms with E-state index in [9.17, 15) is 4.79 Å². The van der Waals surface area contributed by atoms with Crippen molar-refractivity contribution in [2.45, 2.75) is 13.5 Å². The second-order valence-corrected chi connectivity index (χ2v) is 7.11. The molecule has 0 fully saturated rings. The van der Waals surface area contributed by atoms with E-state index >= 15 is 0 Å². The average Bonchev–Trinajstić information content (AvgIpc) is 3.08. The number of hydrogen-bond acceptors (Lipinski definition) is 5. The zero-order valence-electron chi connectivity index (χ0n) is 16.8. The summed E-state index contributed by atoms with van der Waals surface area (Å²) in [7, 11) is 3.20. The third-order valence-corrected chi connectivity index (χ3v) is 5.32. The van der Waals surface area contributed by atoms with Crippen LogP contribution in [0.3, 0.4) is 0 Å². The summed E-state index contributed by atoms with van der Waals surface area (Å²) in [4.78, 5) is 17.4. The Labute approximate surface area is 173 Å². The van der Waals surface area contributed by atoms with Gasteiger partial charge in [0.25, 0.3) is 5.91 Å². The molecule has 0 spiro atoms. The number of hydrogen-bond donors (Lipinski definition) is 0. The molecule has 0 atom stereocenters. The van der Waals surface area contributed by atoms with Crippen LogP contribution in [0.5, 0.6) is 11.5 Å². The molecule has 1 heterocycles. The van der Waals surface area contributed by atoms with Crippen LogP contribution in [-0.4, -0.2) is 37.9 Å². The highest BCUT2D eigenvalue weighted by molar-refractivity contribution is 7.16. The molecule has 0 aliphatic carbocycles. The van der Waals surface area contributed by atoms with Crippen molar-refractivity contribution in [2.75, 3.05) is 27.4 Å². The molecule has 1 aromatic heterocycles. The summed E-state index contributed by atoms with van der Waals surface area (Å²) in [6.45, 7) is 3.69. The lowest BCUT2D eigenvalue weighted by molar-refractivity contribution is -0.113. The third-order valence-electron chi connectivity index (χ3n) is 4.28. The van der Waals surface area contributed by atoms with Gasteiger partial charge < -0.3 is 18.8 Å². The molecule has 0 unspecified atom stereocenters. The number of rotatable bonds is 8. The molecule has 0 aliphatic heterocycles. The molecular weight excluding hydrogens is 388 g/mol. The van der Waals surface area contributed by atoms with Crippen molar-refractivity contribution < 1.29 is 19.0 Å². The summed E-state index contributed by atoms with van der Waals surface area (Å²) in [5.41, 5.74) is 1.87. The standard InChI is InChI=1S/C22H24N2O4S/c1-4-28-13-12-24-17-14-18(26-2)19(27-3)15-20(17)29-22(24)23-21(25)11-10-16-8-6-5-7-9-16/h5-11,14-15H,4,12-13H2,1-3H3. The minimum Gasteiger partial charge on any atom is -0.493 e. The molecule has 2 aromatic carbocycles. The normalized spacial score (nSPS) is 12.0. The number of carbonyl (C=O) groups excluding carboxylic acids is 1. The van der Waals surface area contributed by atoms with Crippen LogP contribution in [0.15, 0.2) is 53.5 Å². The summed E-state index contributed by atoms with van der Waals surface area (Å²) in [5.74, 6) is 0.953. The van der Waals surface area contributed by atoms with Crippen molar-refractivity contribution in [3.05, 3.63) is 58.9 Å². The van der Waals surface area contributed by atoms with Crippen LogP contribution in [0.25, 0.3) is 16.3 Å². The van der Waals surface area contributed by atoms with Crippen molar-refractivity contribution in [3.63, 3.8) is 0 Å². The van der Waals surface area contributed by atoms with Gasteiger partial charge in [0.15, 0.2) is 16.3 Å². The number of benzene rings is 2. The van der Waals surface area contributed by atoms with E-state index in [1.807, 2.05) is 54.0 Å². The van der Waals surface area contributed by atoms with Gasteiger partial charge in [-0.15, -0.1) is 0 Å². The van der Waals surface area contributed by atoms with E-state index < -0.39 is 0 Å². The fourth-order valence-corrected chi connectivity index (χ4v) is 3.93. The topological polar surface area (TPSA) is 62.1 Å². The van der Waals surface area contributed by atoms with Crippen molar-refractivity contribution in [2.24, 2.45) is 4.99 Å². The first-order valence-electron chi connectivity index (χ1n) is 9.31. The van der Waals surface area contributed by atoms with Gasteiger partial charge in [-0.3, -0.25) is 4.79 Å². The van der Waals surface area contributed by atoms with Gasteiger partial charge >= 0.3 is 0 Å². The number of ether oxygens (including phenoxy) is 3. The number of thiazole rings is 1. The number of methoxy groups -OCH3 is 2. The Balaban J connectivity index is 2.02. The Bertz CT molecular complexity index is 1070. The molecule has 0 saturated heterocycles. The van der Waals surface area contributed by atoms with Gasteiger partial charge in [0.2, 0.25) is 0 Å². The lowest BCUT2D eigenvalue weighted by atomic mass is 10.2. The van der Waals surface area contributed by atoms with Gasteiger partial charge in [0, 0.05) is 31.4 Å². The first-order valence-corrected chi connectivity index (χ1v) is 10.1. The van der Waals surface area contributed by atoms with Gasteiger partial charge in [0.1, 0.15) is 0 Å². The summed E-state index contributed by atoms with van der Waals surface area (Å²) in [6.07, 6.45) is 3.24. The van der Waals surface area contributed by atoms with E-state index in [-0.39, 0.29) is 5.91 Å². The molecule has 152 valence electrons. The summed E-state index contributed by atoms with van der Waals surface area (Å²) in [5, 5.41) is 0. The highest BCUT2D eigenvalue weighted by Crippen LogP contribution is 2.33. The Morgan fingerprint density at radius 2 is 1.86 bits per heavy atom. The summed E-state index contributed by atoms with van der Waals surface area (Å²) < 4.78 is 19.3. The Kier molecular flexibility index (Phi) is 7.21. The highest BCUT2D eigenvalue weighted by atomic mass is 32.1. The largest absolute Gasteiger partial charge is 0.493 e. The lowest BCUT2D eigenvalue weighted by Crippen LogP contribution is -2.19. The number of amides is 1. The zero-order chi connectivity index (χ0) is 20.6. The van der Waals surface area contributed by atoms with E-state index in [4.69, 9.17) is 14.2 Å². The number of aromatic nitrogens is 1. The molecule has 6 nitrogen and oxygen atoms in total. The minimum atomic E-state index is -0.315. The van der Waals surface area contributed by atoms with Crippen molar-refractivity contribution >= 4 is 33.5 Å². The number of fused-ring (bicyclic) bond motifs is 1. The van der Waals surface area contributed by atoms with Crippen molar-refractivity contribution in [3.8, 4) is 11.5 Å². The highest BCUT2D eigenvalue weighted by Gasteiger charge is 2.13. The molecule has 1 amide bonds. The third kappa shape index (κ3) is 5.13. The predicted molar refractivity (Wildman–Crippen MR) is 115 cm³/mol. The molecule has 0 aliphatic rings. The Morgan fingerprint density at radius 3 is 2.55 bits per heavy atom. The first-order chi connectivity index (χ1) is 14.2. The molecule has 7 heteroatoms. The van der Waals surface area contributed by atoms with Crippen molar-refractivity contribution in [1.82, 2.24) is 4.57 Å². The van der Waals surface area contributed by atoms with Crippen LogP contribution in [0.4, 0.5) is 0 Å². The van der Waals surface area contributed by atoms with Gasteiger partial charge in [-0.2, -0.15) is 4.99 Å². The van der Waals surface area contributed by atoms with Crippen LogP contribution < -0.4 is 14.3 Å². The lowest BCUT2D eigenvalue weighted by Gasteiger charge is -2.09. The fraction of sp³-hybridized carbons (Fsp3) is 0.273. The SMILES string of the molecule is CCOCCn1c(=NC(=O)C=Cc2ccccc2)sc2cc(OC)c(OC)cc21. The van der Waals surface area contributed by atoms with Crippen LogP contribution >= 0.6 is 11.3 Å². The fourth-order valence-electron chi connectivity index (χ4n) is 2.86. The second kappa shape index (κ2) is 10.0. The number of nitrogens with zero attached hydrogens (tertiary/aromatic N) is 2. The maximum Gasteiger partial charge on any atom is 0.272 e. The first kappa shape index (κ1) is 20.8. The van der Waals surface area contributed by atoms with Gasteiger partial charge in [-0.05, 0) is 18.6 Å². The predicted octanol–water partition coefficient (Wildman–Crippen LogP) is 3.90. The number of carbonyl (C=O) groups is 1. The molecule has 3 rings (SSSR count). The van der Waals surface area contributed by atoms with E-state index in [2.05, 4.69) is 4.99 Å².